The highest BCUT2D eigenvalue weighted by Crippen LogP contribution is 2.13. The van der Waals surface area contributed by atoms with Crippen LogP contribution in [0.4, 0.5) is 0 Å². The van der Waals surface area contributed by atoms with Crippen LogP contribution in [0, 0.1) is 0 Å². The zero-order valence-corrected chi connectivity index (χ0v) is 11.9. The SMILES string of the molecule is CC(C)Oc1ccc(CNCCCOCCO)cc1. The first-order valence-corrected chi connectivity index (χ1v) is 6.87. The number of ether oxygens (including phenoxy) is 2. The van der Waals surface area contributed by atoms with Gasteiger partial charge in [-0.1, -0.05) is 12.1 Å². The van der Waals surface area contributed by atoms with Gasteiger partial charge in [0.1, 0.15) is 5.75 Å². The molecule has 0 aromatic heterocycles. The maximum Gasteiger partial charge on any atom is 0.119 e. The summed E-state index contributed by atoms with van der Waals surface area (Å²) in [5.74, 6) is 0.913. The van der Waals surface area contributed by atoms with Gasteiger partial charge in [-0.3, -0.25) is 0 Å². The Morgan fingerprint density at radius 3 is 2.53 bits per heavy atom. The van der Waals surface area contributed by atoms with Crippen LogP contribution < -0.4 is 10.1 Å². The number of hydrogen-bond acceptors (Lipinski definition) is 4. The Hall–Kier alpha value is -1.10. The predicted molar refractivity (Wildman–Crippen MR) is 76.4 cm³/mol. The summed E-state index contributed by atoms with van der Waals surface area (Å²) in [6, 6.07) is 8.16. The zero-order valence-electron chi connectivity index (χ0n) is 11.9. The number of hydrogen-bond donors (Lipinski definition) is 2. The van der Waals surface area contributed by atoms with Gasteiger partial charge in [0.2, 0.25) is 0 Å². The molecule has 0 saturated heterocycles. The molecule has 0 aliphatic rings. The molecule has 0 unspecified atom stereocenters. The third kappa shape index (κ3) is 7.82. The van der Waals surface area contributed by atoms with E-state index in [1.807, 2.05) is 26.0 Å². The molecule has 1 aromatic rings. The Morgan fingerprint density at radius 2 is 1.89 bits per heavy atom. The summed E-state index contributed by atoms with van der Waals surface area (Å²) in [6.45, 7) is 7.02. The second kappa shape index (κ2) is 9.78. The van der Waals surface area contributed by atoms with Crippen molar-refractivity contribution in [2.24, 2.45) is 0 Å². The smallest absolute Gasteiger partial charge is 0.119 e. The van der Waals surface area contributed by atoms with E-state index in [1.54, 1.807) is 0 Å². The quantitative estimate of drug-likeness (QED) is 0.636. The van der Waals surface area contributed by atoms with Gasteiger partial charge in [0.05, 0.1) is 19.3 Å². The molecule has 0 radical (unpaired) electrons. The monoisotopic (exact) mass is 267 g/mol. The van der Waals surface area contributed by atoms with Crippen LogP contribution >= 0.6 is 0 Å². The standard InChI is InChI=1S/C15H25NO3/c1-13(2)19-15-6-4-14(5-7-15)12-16-8-3-10-18-11-9-17/h4-7,13,16-17H,3,8-12H2,1-2H3. The largest absolute Gasteiger partial charge is 0.491 e. The summed E-state index contributed by atoms with van der Waals surface area (Å²) in [4.78, 5) is 0. The summed E-state index contributed by atoms with van der Waals surface area (Å²) in [7, 11) is 0. The maximum absolute atomic E-state index is 8.54. The molecule has 0 heterocycles. The molecule has 2 N–H and O–H groups in total. The van der Waals surface area contributed by atoms with Crippen molar-refractivity contribution in [1.29, 1.82) is 0 Å². The van der Waals surface area contributed by atoms with E-state index >= 15 is 0 Å². The summed E-state index contributed by atoms with van der Waals surface area (Å²) in [5, 5.41) is 11.9. The number of rotatable bonds is 10. The summed E-state index contributed by atoms with van der Waals surface area (Å²) >= 11 is 0. The minimum atomic E-state index is 0.0955. The van der Waals surface area contributed by atoms with Crippen molar-refractivity contribution in [3.05, 3.63) is 29.8 Å². The van der Waals surface area contributed by atoms with Gasteiger partial charge in [-0.2, -0.15) is 0 Å². The molecular weight excluding hydrogens is 242 g/mol. The molecule has 0 amide bonds. The average Bonchev–Trinajstić information content (AvgIpc) is 2.39. The highest BCUT2D eigenvalue weighted by molar-refractivity contribution is 5.27. The van der Waals surface area contributed by atoms with Crippen LogP contribution in [0.3, 0.4) is 0 Å². The van der Waals surface area contributed by atoms with E-state index in [0.717, 1.165) is 25.3 Å². The van der Waals surface area contributed by atoms with Crippen molar-refractivity contribution >= 4 is 0 Å². The molecule has 4 heteroatoms. The third-order valence-electron chi connectivity index (χ3n) is 2.50. The number of nitrogens with one attached hydrogen (secondary N) is 1. The van der Waals surface area contributed by atoms with Gasteiger partial charge < -0.3 is 19.9 Å². The second-order valence-corrected chi connectivity index (χ2v) is 4.68. The fourth-order valence-electron chi connectivity index (χ4n) is 1.66. The Kier molecular flexibility index (Phi) is 8.21. The lowest BCUT2D eigenvalue weighted by Gasteiger charge is -2.10. The van der Waals surface area contributed by atoms with Crippen LogP contribution in [0.1, 0.15) is 25.8 Å². The van der Waals surface area contributed by atoms with Gasteiger partial charge in [-0.25, -0.2) is 0 Å². The summed E-state index contributed by atoms with van der Waals surface area (Å²) in [6.07, 6.45) is 1.16. The van der Waals surface area contributed by atoms with E-state index in [2.05, 4.69) is 17.4 Å². The fraction of sp³-hybridized carbons (Fsp3) is 0.600. The first-order valence-electron chi connectivity index (χ1n) is 6.87. The molecule has 108 valence electrons. The van der Waals surface area contributed by atoms with E-state index < -0.39 is 0 Å². The molecule has 4 nitrogen and oxygen atoms in total. The van der Waals surface area contributed by atoms with E-state index in [1.165, 1.54) is 5.56 Å². The number of benzene rings is 1. The number of aliphatic hydroxyl groups is 1. The topological polar surface area (TPSA) is 50.7 Å². The average molecular weight is 267 g/mol. The van der Waals surface area contributed by atoms with E-state index in [4.69, 9.17) is 14.6 Å². The number of aliphatic hydroxyl groups excluding tert-OH is 1. The molecule has 19 heavy (non-hydrogen) atoms. The van der Waals surface area contributed by atoms with Crippen molar-refractivity contribution in [1.82, 2.24) is 5.32 Å². The Bertz CT molecular complexity index is 325. The zero-order chi connectivity index (χ0) is 13.9. The minimum absolute atomic E-state index is 0.0955. The van der Waals surface area contributed by atoms with Gasteiger partial charge in [-0.15, -0.1) is 0 Å². The van der Waals surface area contributed by atoms with Crippen molar-refractivity contribution in [3.63, 3.8) is 0 Å². The van der Waals surface area contributed by atoms with Crippen LogP contribution in [0.25, 0.3) is 0 Å². The lowest BCUT2D eigenvalue weighted by atomic mass is 10.2. The Balaban J connectivity index is 2.12. The molecule has 0 fully saturated rings. The second-order valence-electron chi connectivity index (χ2n) is 4.68. The van der Waals surface area contributed by atoms with Crippen LogP contribution in [0.2, 0.25) is 0 Å². The maximum atomic E-state index is 8.54. The lowest BCUT2D eigenvalue weighted by Crippen LogP contribution is -2.16. The van der Waals surface area contributed by atoms with Gasteiger partial charge in [0.15, 0.2) is 0 Å². The molecule has 0 bridgehead atoms. The third-order valence-corrected chi connectivity index (χ3v) is 2.50. The van der Waals surface area contributed by atoms with Crippen LogP contribution in [-0.2, 0) is 11.3 Å². The molecule has 0 saturated carbocycles. The van der Waals surface area contributed by atoms with Crippen molar-refractivity contribution in [2.45, 2.75) is 32.9 Å². The normalized spacial score (nSPS) is 10.9. The molecule has 0 aliphatic carbocycles. The molecule has 0 atom stereocenters. The molecule has 1 aromatic carbocycles. The Morgan fingerprint density at radius 1 is 1.16 bits per heavy atom. The molecule has 0 spiro atoms. The summed E-state index contributed by atoms with van der Waals surface area (Å²) < 4.78 is 10.8. The molecular formula is C15H25NO3. The van der Waals surface area contributed by atoms with Gasteiger partial charge in [-0.05, 0) is 44.5 Å². The first-order chi connectivity index (χ1) is 9.22. The van der Waals surface area contributed by atoms with E-state index in [-0.39, 0.29) is 12.7 Å². The van der Waals surface area contributed by atoms with Crippen LogP contribution in [0.5, 0.6) is 5.75 Å². The highest BCUT2D eigenvalue weighted by atomic mass is 16.5. The van der Waals surface area contributed by atoms with Crippen LogP contribution in [-0.4, -0.2) is 37.6 Å². The minimum Gasteiger partial charge on any atom is -0.491 e. The van der Waals surface area contributed by atoms with Gasteiger partial charge in [0, 0.05) is 13.2 Å². The van der Waals surface area contributed by atoms with Gasteiger partial charge in [0.25, 0.3) is 0 Å². The first kappa shape index (κ1) is 16.0. The van der Waals surface area contributed by atoms with Crippen molar-refractivity contribution in [3.8, 4) is 5.75 Å². The fourth-order valence-corrected chi connectivity index (χ4v) is 1.66. The van der Waals surface area contributed by atoms with Gasteiger partial charge >= 0.3 is 0 Å². The summed E-state index contributed by atoms with van der Waals surface area (Å²) in [5.41, 5.74) is 1.24. The van der Waals surface area contributed by atoms with E-state index in [0.29, 0.717) is 13.2 Å². The Labute approximate surface area is 115 Å². The van der Waals surface area contributed by atoms with Crippen molar-refractivity contribution < 1.29 is 14.6 Å². The predicted octanol–water partition coefficient (Wildman–Crippen LogP) is 1.96. The highest BCUT2D eigenvalue weighted by Gasteiger charge is 1.98. The van der Waals surface area contributed by atoms with E-state index in [9.17, 15) is 0 Å². The lowest BCUT2D eigenvalue weighted by molar-refractivity contribution is 0.0907. The molecule has 0 aliphatic heterocycles. The van der Waals surface area contributed by atoms with Crippen LogP contribution in [0.15, 0.2) is 24.3 Å². The molecule has 1 rings (SSSR count). The van der Waals surface area contributed by atoms with Crippen molar-refractivity contribution in [2.75, 3.05) is 26.4 Å².